The summed E-state index contributed by atoms with van der Waals surface area (Å²) in [6.07, 6.45) is 1.34. The fraction of sp³-hybridized carbons (Fsp3) is 0.167. The first-order valence-corrected chi connectivity index (χ1v) is 2.86. The molecule has 0 unspecified atom stereocenters. The number of nitrogens with one attached hydrogen (secondary N) is 1. The number of anilines is 1. The van der Waals surface area contributed by atoms with E-state index in [2.05, 4.69) is 9.90 Å². The molecule has 1 aliphatic heterocycles. The molecule has 0 fully saturated rings. The molecule has 0 saturated heterocycles. The van der Waals surface area contributed by atoms with Crippen molar-refractivity contribution in [2.45, 2.75) is 6.61 Å². The molecule has 0 spiro atoms. The highest BCUT2D eigenvalue weighted by Crippen LogP contribution is 2.17. The Hall–Kier alpha value is -1.29. The molecular weight excluding hydrogens is 134 g/mol. The molecule has 0 amide bonds. The molecule has 10 heavy (non-hydrogen) atoms. The van der Waals surface area contributed by atoms with E-state index >= 15 is 0 Å². The second kappa shape index (κ2) is 1.85. The summed E-state index contributed by atoms with van der Waals surface area (Å²) in [6.45, 7) is 0.290. The third-order valence-electron chi connectivity index (χ3n) is 1.38. The van der Waals surface area contributed by atoms with Gasteiger partial charge in [0.15, 0.2) is 0 Å². The topological polar surface area (TPSA) is 51.5 Å². The minimum atomic E-state index is -0.331. The molecule has 4 nitrogen and oxygen atoms in total. The van der Waals surface area contributed by atoms with Crippen LogP contribution in [0.2, 0.25) is 0 Å². The standard InChI is InChI=1S/C6H5NO3/c8-6-4-3-10-7-5(4)1-2-9-6/h1-2,7H,3H2. The molecule has 0 bridgehead atoms. The first kappa shape index (κ1) is 5.49. The summed E-state index contributed by atoms with van der Waals surface area (Å²) in [5.41, 5.74) is 3.51. The van der Waals surface area contributed by atoms with Crippen molar-refractivity contribution in [2.24, 2.45) is 0 Å². The Balaban J connectivity index is 2.70. The summed E-state index contributed by atoms with van der Waals surface area (Å²) < 4.78 is 4.59. The van der Waals surface area contributed by atoms with Crippen LogP contribution in [0.5, 0.6) is 0 Å². The van der Waals surface area contributed by atoms with Gasteiger partial charge in [0.1, 0.15) is 6.61 Å². The molecule has 4 heteroatoms. The average Bonchev–Trinajstić information content (AvgIpc) is 2.36. The third-order valence-corrected chi connectivity index (χ3v) is 1.38. The van der Waals surface area contributed by atoms with Gasteiger partial charge in [0.2, 0.25) is 0 Å². The van der Waals surface area contributed by atoms with Gasteiger partial charge >= 0.3 is 5.63 Å². The molecule has 0 radical (unpaired) electrons. The number of hydrogen-bond donors (Lipinski definition) is 1. The van der Waals surface area contributed by atoms with Crippen LogP contribution in [0.1, 0.15) is 5.56 Å². The lowest BCUT2D eigenvalue weighted by molar-refractivity contribution is 0.200. The van der Waals surface area contributed by atoms with Gasteiger partial charge in [0.25, 0.3) is 0 Å². The SMILES string of the molecule is O=c1occc2c1CON2. The van der Waals surface area contributed by atoms with Gasteiger partial charge < -0.3 is 4.42 Å². The summed E-state index contributed by atoms with van der Waals surface area (Å²) in [5, 5.41) is 0. The highest BCUT2D eigenvalue weighted by Gasteiger charge is 2.14. The Bertz CT molecular complexity index is 304. The van der Waals surface area contributed by atoms with Gasteiger partial charge in [0.05, 0.1) is 17.5 Å². The van der Waals surface area contributed by atoms with E-state index in [9.17, 15) is 4.79 Å². The van der Waals surface area contributed by atoms with Crippen LogP contribution in [0.15, 0.2) is 21.5 Å². The van der Waals surface area contributed by atoms with Crippen LogP contribution in [-0.4, -0.2) is 0 Å². The van der Waals surface area contributed by atoms with Gasteiger partial charge in [-0.15, -0.1) is 0 Å². The average molecular weight is 139 g/mol. The van der Waals surface area contributed by atoms with Crippen molar-refractivity contribution < 1.29 is 9.25 Å². The summed E-state index contributed by atoms with van der Waals surface area (Å²) in [4.78, 5) is 15.6. The Morgan fingerprint density at radius 1 is 1.60 bits per heavy atom. The lowest BCUT2D eigenvalue weighted by atomic mass is 10.3. The second-order valence-electron chi connectivity index (χ2n) is 1.99. The summed E-state index contributed by atoms with van der Waals surface area (Å²) >= 11 is 0. The van der Waals surface area contributed by atoms with E-state index in [-0.39, 0.29) is 5.63 Å². The van der Waals surface area contributed by atoms with Crippen LogP contribution >= 0.6 is 0 Å². The lowest BCUT2D eigenvalue weighted by Crippen LogP contribution is -2.02. The van der Waals surface area contributed by atoms with E-state index in [1.165, 1.54) is 6.26 Å². The van der Waals surface area contributed by atoms with Gasteiger partial charge in [-0.1, -0.05) is 0 Å². The zero-order valence-corrected chi connectivity index (χ0v) is 5.09. The monoisotopic (exact) mass is 139 g/mol. The predicted octanol–water partition coefficient (Wildman–Crippen LogP) is 0.497. The molecule has 0 aromatic carbocycles. The van der Waals surface area contributed by atoms with Gasteiger partial charge in [-0.05, 0) is 6.07 Å². The molecule has 0 saturated carbocycles. The van der Waals surface area contributed by atoms with Crippen LogP contribution in [-0.2, 0) is 11.4 Å². The predicted molar refractivity (Wildman–Crippen MR) is 33.4 cm³/mol. The number of rotatable bonds is 0. The van der Waals surface area contributed by atoms with Gasteiger partial charge in [-0.25, -0.2) is 4.79 Å². The van der Waals surface area contributed by atoms with Crippen LogP contribution < -0.4 is 11.1 Å². The van der Waals surface area contributed by atoms with Crippen molar-refractivity contribution in [3.63, 3.8) is 0 Å². The largest absolute Gasteiger partial charge is 0.431 e. The Kier molecular flexibility index (Phi) is 1.01. The Morgan fingerprint density at radius 2 is 2.50 bits per heavy atom. The van der Waals surface area contributed by atoms with Crippen molar-refractivity contribution in [2.75, 3.05) is 5.48 Å². The fourth-order valence-electron chi connectivity index (χ4n) is 0.864. The van der Waals surface area contributed by atoms with Crippen molar-refractivity contribution in [1.82, 2.24) is 0 Å². The zero-order chi connectivity index (χ0) is 6.97. The highest BCUT2D eigenvalue weighted by atomic mass is 16.7. The van der Waals surface area contributed by atoms with E-state index in [0.29, 0.717) is 17.9 Å². The summed E-state index contributed by atoms with van der Waals surface area (Å²) in [6, 6.07) is 1.66. The number of fused-ring (bicyclic) bond motifs is 1. The van der Waals surface area contributed by atoms with Crippen molar-refractivity contribution >= 4 is 5.69 Å². The quantitative estimate of drug-likeness (QED) is 0.568. The molecule has 2 heterocycles. The summed E-state index contributed by atoms with van der Waals surface area (Å²) in [7, 11) is 0. The van der Waals surface area contributed by atoms with Crippen molar-refractivity contribution in [1.29, 1.82) is 0 Å². The molecule has 1 aromatic rings. The number of hydrogen-bond acceptors (Lipinski definition) is 4. The van der Waals surface area contributed by atoms with Crippen LogP contribution in [0.25, 0.3) is 0 Å². The maximum absolute atomic E-state index is 10.8. The van der Waals surface area contributed by atoms with E-state index in [1.54, 1.807) is 6.07 Å². The molecule has 52 valence electrons. The third kappa shape index (κ3) is 0.625. The molecule has 1 aromatic heterocycles. The minimum Gasteiger partial charge on any atom is -0.431 e. The highest BCUT2D eigenvalue weighted by molar-refractivity contribution is 5.48. The lowest BCUT2D eigenvalue weighted by Gasteiger charge is -1.90. The maximum Gasteiger partial charge on any atom is 0.343 e. The first-order chi connectivity index (χ1) is 4.88. The van der Waals surface area contributed by atoms with E-state index in [4.69, 9.17) is 4.84 Å². The van der Waals surface area contributed by atoms with Crippen LogP contribution in [0.3, 0.4) is 0 Å². The van der Waals surface area contributed by atoms with E-state index < -0.39 is 0 Å². The first-order valence-electron chi connectivity index (χ1n) is 2.86. The Morgan fingerprint density at radius 3 is 3.30 bits per heavy atom. The zero-order valence-electron chi connectivity index (χ0n) is 5.09. The van der Waals surface area contributed by atoms with Crippen LogP contribution in [0.4, 0.5) is 5.69 Å². The molecule has 0 aliphatic carbocycles. The normalized spacial score (nSPS) is 14.4. The van der Waals surface area contributed by atoms with Crippen molar-refractivity contribution in [3.05, 3.63) is 28.3 Å². The van der Waals surface area contributed by atoms with E-state index in [1.807, 2.05) is 0 Å². The summed E-state index contributed by atoms with van der Waals surface area (Å²) in [5.74, 6) is 0. The second-order valence-corrected chi connectivity index (χ2v) is 1.99. The maximum atomic E-state index is 10.8. The van der Waals surface area contributed by atoms with E-state index in [0.717, 1.165) is 0 Å². The molecule has 1 N–H and O–H groups in total. The Labute approximate surface area is 56.4 Å². The van der Waals surface area contributed by atoms with Gasteiger partial charge in [-0.3, -0.25) is 10.3 Å². The molecular formula is C6H5NO3. The van der Waals surface area contributed by atoms with Crippen molar-refractivity contribution in [3.8, 4) is 0 Å². The van der Waals surface area contributed by atoms with Gasteiger partial charge in [-0.2, -0.15) is 0 Å². The molecule has 1 aliphatic rings. The molecule has 2 rings (SSSR count). The minimum absolute atomic E-state index is 0.290. The smallest absolute Gasteiger partial charge is 0.343 e. The molecule has 0 atom stereocenters. The van der Waals surface area contributed by atoms with Gasteiger partial charge in [0, 0.05) is 0 Å². The van der Waals surface area contributed by atoms with Crippen LogP contribution in [0, 0.1) is 0 Å². The fourth-order valence-corrected chi connectivity index (χ4v) is 0.864.